The van der Waals surface area contributed by atoms with Crippen LogP contribution in [0.25, 0.3) is 0 Å². The summed E-state index contributed by atoms with van der Waals surface area (Å²) in [7, 11) is 3.55. The first-order valence-corrected chi connectivity index (χ1v) is 5.44. The number of aliphatic carboxylic acids is 1. The zero-order chi connectivity index (χ0) is 12.3. The Kier molecular flexibility index (Phi) is 4.32. The largest absolute Gasteiger partial charge is 0.480 e. The molecule has 6 heteroatoms. The highest BCUT2D eigenvalue weighted by atomic mass is 35.5. The molecule has 0 aromatic carbocycles. The fourth-order valence-electron chi connectivity index (χ4n) is 1.53. The van der Waals surface area contributed by atoms with Crippen molar-refractivity contribution >= 4 is 17.6 Å². The lowest BCUT2D eigenvalue weighted by atomic mass is 10.3. The molecule has 0 aliphatic heterocycles. The van der Waals surface area contributed by atoms with Crippen LogP contribution in [0.1, 0.15) is 18.3 Å². The molecule has 0 bridgehead atoms. The third kappa shape index (κ3) is 2.96. The van der Waals surface area contributed by atoms with Crippen LogP contribution in [0.15, 0.2) is 0 Å². The number of aromatic nitrogens is 2. The third-order valence-corrected chi connectivity index (χ3v) is 2.76. The quantitative estimate of drug-likeness (QED) is 0.846. The van der Waals surface area contributed by atoms with Gasteiger partial charge in [-0.05, 0) is 13.5 Å². The van der Waals surface area contributed by atoms with Crippen LogP contribution in [0.4, 0.5) is 0 Å². The molecule has 0 fully saturated rings. The maximum atomic E-state index is 10.5. The van der Waals surface area contributed by atoms with Gasteiger partial charge >= 0.3 is 5.97 Å². The minimum Gasteiger partial charge on any atom is -0.480 e. The van der Waals surface area contributed by atoms with Crippen LogP contribution in [0.3, 0.4) is 0 Å². The summed E-state index contributed by atoms with van der Waals surface area (Å²) in [5.41, 5.74) is 1.70. The van der Waals surface area contributed by atoms with E-state index in [-0.39, 0.29) is 6.54 Å². The second-order valence-electron chi connectivity index (χ2n) is 3.75. The average molecular weight is 246 g/mol. The Bertz CT molecular complexity index is 390. The van der Waals surface area contributed by atoms with Crippen molar-refractivity contribution in [3.63, 3.8) is 0 Å². The zero-order valence-corrected chi connectivity index (χ0v) is 10.5. The van der Waals surface area contributed by atoms with Crippen LogP contribution >= 0.6 is 11.6 Å². The minimum absolute atomic E-state index is 0.0109. The fourth-order valence-corrected chi connectivity index (χ4v) is 1.89. The highest BCUT2D eigenvalue weighted by Crippen LogP contribution is 2.21. The number of carboxylic acid groups (broad SMARTS) is 1. The van der Waals surface area contributed by atoms with Gasteiger partial charge in [-0.2, -0.15) is 5.10 Å². The Morgan fingerprint density at radius 3 is 2.69 bits per heavy atom. The molecule has 0 saturated carbocycles. The van der Waals surface area contributed by atoms with Crippen LogP contribution in [0, 0.1) is 0 Å². The van der Waals surface area contributed by atoms with E-state index in [0.717, 1.165) is 17.8 Å². The molecule has 1 aromatic heterocycles. The van der Waals surface area contributed by atoms with Gasteiger partial charge in [0.25, 0.3) is 0 Å². The van der Waals surface area contributed by atoms with Crippen molar-refractivity contribution < 1.29 is 9.90 Å². The number of carbonyl (C=O) groups is 1. The van der Waals surface area contributed by atoms with Crippen LogP contribution in [0.5, 0.6) is 0 Å². The number of carboxylic acids is 1. The highest BCUT2D eigenvalue weighted by Gasteiger charge is 2.15. The van der Waals surface area contributed by atoms with Crippen molar-refractivity contribution in [1.82, 2.24) is 14.7 Å². The summed E-state index contributed by atoms with van der Waals surface area (Å²) in [4.78, 5) is 12.2. The molecule has 1 rings (SSSR count). The molecule has 1 N–H and O–H groups in total. The molecule has 90 valence electrons. The van der Waals surface area contributed by atoms with Crippen molar-refractivity contribution in [2.24, 2.45) is 7.05 Å². The van der Waals surface area contributed by atoms with Gasteiger partial charge in [0.2, 0.25) is 0 Å². The molecule has 16 heavy (non-hydrogen) atoms. The van der Waals surface area contributed by atoms with Gasteiger partial charge in [0.05, 0.1) is 23.0 Å². The summed E-state index contributed by atoms with van der Waals surface area (Å²) in [5.74, 6) is -0.850. The molecule has 0 aliphatic rings. The van der Waals surface area contributed by atoms with Gasteiger partial charge in [0.15, 0.2) is 0 Å². The molecule has 0 unspecified atom stereocenters. The van der Waals surface area contributed by atoms with Crippen molar-refractivity contribution in [2.45, 2.75) is 19.9 Å². The molecule has 0 amide bonds. The standard InChI is InChI=1S/C10H16ClN3O2/c1-4-7-10(11)8(14(3)12-7)5-13(2)6-9(15)16/h4-6H2,1-3H3,(H,15,16). The van der Waals surface area contributed by atoms with Gasteiger partial charge in [0, 0.05) is 13.6 Å². The van der Waals surface area contributed by atoms with Crippen molar-refractivity contribution in [3.8, 4) is 0 Å². The summed E-state index contributed by atoms with van der Waals surface area (Å²) in [6.07, 6.45) is 0.773. The molecule has 0 radical (unpaired) electrons. The highest BCUT2D eigenvalue weighted by molar-refractivity contribution is 6.31. The molecular formula is C10H16ClN3O2. The van der Waals surface area contributed by atoms with E-state index in [1.807, 2.05) is 14.0 Å². The number of aryl methyl sites for hydroxylation is 2. The summed E-state index contributed by atoms with van der Waals surface area (Å²) in [5, 5.41) is 13.6. The Morgan fingerprint density at radius 2 is 2.25 bits per heavy atom. The topological polar surface area (TPSA) is 58.4 Å². The Morgan fingerprint density at radius 1 is 1.62 bits per heavy atom. The monoisotopic (exact) mass is 245 g/mol. The first-order chi connectivity index (χ1) is 7.45. The smallest absolute Gasteiger partial charge is 0.317 e. The number of hydrogen-bond acceptors (Lipinski definition) is 3. The van der Waals surface area contributed by atoms with Crippen molar-refractivity contribution in [1.29, 1.82) is 0 Å². The molecule has 0 saturated heterocycles. The first-order valence-electron chi connectivity index (χ1n) is 5.06. The average Bonchev–Trinajstić information content (AvgIpc) is 2.44. The third-order valence-electron chi connectivity index (χ3n) is 2.33. The van der Waals surface area contributed by atoms with Gasteiger partial charge in [-0.25, -0.2) is 0 Å². The van der Waals surface area contributed by atoms with Crippen molar-refractivity contribution in [3.05, 3.63) is 16.4 Å². The SMILES string of the molecule is CCc1nn(C)c(CN(C)CC(=O)O)c1Cl. The summed E-state index contributed by atoms with van der Waals surface area (Å²) in [6.45, 7) is 2.45. The zero-order valence-electron chi connectivity index (χ0n) is 9.70. The molecular weight excluding hydrogens is 230 g/mol. The number of nitrogens with zero attached hydrogens (tertiary/aromatic N) is 3. The van der Waals surface area contributed by atoms with E-state index < -0.39 is 5.97 Å². The van der Waals surface area contributed by atoms with Crippen LogP contribution in [-0.2, 0) is 24.8 Å². The predicted octanol–water partition coefficient (Wildman–Crippen LogP) is 1.15. The molecule has 1 aromatic rings. The number of halogens is 1. The second kappa shape index (κ2) is 5.32. The summed E-state index contributed by atoms with van der Waals surface area (Å²) < 4.78 is 1.71. The number of rotatable bonds is 5. The van der Waals surface area contributed by atoms with Gasteiger partial charge < -0.3 is 5.11 Å². The van der Waals surface area contributed by atoms with E-state index in [9.17, 15) is 4.79 Å². The van der Waals surface area contributed by atoms with E-state index in [4.69, 9.17) is 16.7 Å². The van der Waals surface area contributed by atoms with Gasteiger partial charge in [-0.3, -0.25) is 14.4 Å². The predicted molar refractivity (Wildman–Crippen MR) is 61.6 cm³/mol. The van der Waals surface area contributed by atoms with Crippen molar-refractivity contribution in [2.75, 3.05) is 13.6 Å². The van der Waals surface area contributed by atoms with Gasteiger partial charge in [-0.1, -0.05) is 18.5 Å². The maximum Gasteiger partial charge on any atom is 0.317 e. The maximum absolute atomic E-state index is 10.5. The van der Waals surface area contributed by atoms with Crippen LogP contribution in [0.2, 0.25) is 5.02 Å². The van der Waals surface area contributed by atoms with Crippen LogP contribution in [-0.4, -0.2) is 39.3 Å². The Labute approximate surface area is 99.6 Å². The van der Waals surface area contributed by atoms with E-state index in [1.165, 1.54) is 0 Å². The number of likely N-dealkylation sites (N-methyl/N-ethyl adjacent to an activating group) is 1. The Balaban J connectivity index is 2.80. The lowest BCUT2D eigenvalue weighted by Gasteiger charge is -2.14. The second-order valence-corrected chi connectivity index (χ2v) is 4.13. The van der Waals surface area contributed by atoms with E-state index >= 15 is 0 Å². The van der Waals surface area contributed by atoms with Crippen LogP contribution < -0.4 is 0 Å². The summed E-state index contributed by atoms with van der Waals surface area (Å²) >= 11 is 6.15. The summed E-state index contributed by atoms with van der Waals surface area (Å²) in [6, 6.07) is 0. The first kappa shape index (κ1) is 13.0. The minimum atomic E-state index is -0.850. The lowest BCUT2D eigenvalue weighted by molar-refractivity contribution is -0.138. The molecule has 0 spiro atoms. The van der Waals surface area contributed by atoms with E-state index in [2.05, 4.69) is 5.10 Å². The molecule has 0 atom stereocenters. The molecule has 5 nitrogen and oxygen atoms in total. The normalized spacial score (nSPS) is 11.1. The van der Waals surface area contributed by atoms with Gasteiger partial charge in [0.1, 0.15) is 0 Å². The lowest BCUT2D eigenvalue weighted by Crippen LogP contribution is -2.26. The fraction of sp³-hybridized carbons (Fsp3) is 0.600. The molecule has 1 heterocycles. The number of hydrogen-bond donors (Lipinski definition) is 1. The van der Waals surface area contributed by atoms with E-state index in [0.29, 0.717) is 11.6 Å². The van der Waals surface area contributed by atoms with Gasteiger partial charge in [-0.15, -0.1) is 0 Å². The molecule has 0 aliphatic carbocycles. The Hall–Kier alpha value is -1.07. The van der Waals surface area contributed by atoms with E-state index in [1.54, 1.807) is 16.6 Å².